The number of urea groups is 1. The number of anilines is 1. The number of benzene rings is 2. The summed E-state index contributed by atoms with van der Waals surface area (Å²) in [5.74, 6) is -2.24. The molecule has 1 aliphatic rings. The minimum absolute atomic E-state index is 0.232. The summed E-state index contributed by atoms with van der Waals surface area (Å²) in [7, 11) is 0. The van der Waals surface area contributed by atoms with E-state index in [0.29, 0.717) is 11.3 Å². The molecule has 9 heteroatoms. The maximum absolute atomic E-state index is 13.2. The highest BCUT2D eigenvalue weighted by molar-refractivity contribution is 6.10. The van der Waals surface area contributed by atoms with Crippen molar-refractivity contribution < 1.29 is 23.6 Å². The van der Waals surface area contributed by atoms with Gasteiger partial charge >= 0.3 is 6.03 Å². The number of imide groups is 1. The van der Waals surface area contributed by atoms with Crippen LogP contribution in [0.15, 0.2) is 48.5 Å². The van der Waals surface area contributed by atoms with Crippen molar-refractivity contribution in [2.24, 2.45) is 5.73 Å². The second-order valence-corrected chi connectivity index (χ2v) is 6.58. The van der Waals surface area contributed by atoms with Gasteiger partial charge in [-0.05, 0) is 48.4 Å². The highest BCUT2D eigenvalue weighted by atomic mass is 19.1. The van der Waals surface area contributed by atoms with Crippen molar-refractivity contribution in [3.8, 4) is 0 Å². The van der Waals surface area contributed by atoms with Gasteiger partial charge in [0, 0.05) is 11.3 Å². The van der Waals surface area contributed by atoms with E-state index in [2.05, 4.69) is 10.6 Å². The monoisotopic (exact) mass is 398 g/mol. The van der Waals surface area contributed by atoms with Crippen LogP contribution in [0.2, 0.25) is 0 Å². The predicted molar refractivity (Wildman–Crippen MR) is 102 cm³/mol. The SMILES string of the molecule is CC[C@]1(c2ccc(F)cc2)NC(=O)N(CC(=O)Nc2ccc(C(N)=O)cc2)C1=O. The lowest BCUT2D eigenvalue weighted by molar-refractivity contribution is -0.134. The van der Waals surface area contributed by atoms with E-state index in [1.54, 1.807) is 6.92 Å². The summed E-state index contributed by atoms with van der Waals surface area (Å²) in [4.78, 5) is 49.6. The van der Waals surface area contributed by atoms with Crippen molar-refractivity contribution in [1.82, 2.24) is 10.2 Å². The Bertz CT molecular complexity index is 975. The molecule has 4 N–H and O–H groups in total. The minimum atomic E-state index is -1.35. The van der Waals surface area contributed by atoms with Crippen LogP contribution in [-0.4, -0.2) is 35.2 Å². The Kier molecular flexibility index (Phi) is 5.31. The van der Waals surface area contributed by atoms with Crippen LogP contribution in [0.3, 0.4) is 0 Å². The van der Waals surface area contributed by atoms with Crippen molar-refractivity contribution >= 4 is 29.4 Å². The standard InChI is InChI=1S/C20H19FN4O4/c1-2-20(13-5-7-14(21)8-6-13)18(28)25(19(29)24-20)11-16(26)23-15-9-3-12(4-10-15)17(22)27/h3-10H,2,11H2,1H3,(H2,22,27)(H,23,26)(H,24,29)/t20-/m1/s1. The second kappa shape index (κ2) is 7.70. The van der Waals surface area contributed by atoms with Gasteiger partial charge in [0.15, 0.2) is 0 Å². The molecule has 0 saturated carbocycles. The molecule has 0 bridgehead atoms. The molecule has 29 heavy (non-hydrogen) atoms. The Labute approximate surface area is 165 Å². The Balaban J connectivity index is 1.74. The maximum atomic E-state index is 13.2. The zero-order valence-corrected chi connectivity index (χ0v) is 15.6. The first-order valence-corrected chi connectivity index (χ1v) is 8.86. The van der Waals surface area contributed by atoms with Gasteiger partial charge in [-0.3, -0.25) is 19.3 Å². The Morgan fingerprint density at radius 2 is 1.72 bits per heavy atom. The smallest absolute Gasteiger partial charge is 0.325 e. The third kappa shape index (κ3) is 3.79. The molecule has 1 fully saturated rings. The average Bonchev–Trinajstić information content (AvgIpc) is 2.94. The first-order valence-electron chi connectivity index (χ1n) is 8.86. The van der Waals surface area contributed by atoms with E-state index in [4.69, 9.17) is 5.73 Å². The van der Waals surface area contributed by atoms with Crippen LogP contribution >= 0.6 is 0 Å². The number of amides is 5. The van der Waals surface area contributed by atoms with Crippen LogP contribution in [0, 0.1) is 5.82 Å². The second-order valence-electron chi connectivity index (χ2n) is 6.58. The van der Waals surface area contributed by atoms with E-state index >= 15 is 0 Å². The molecule has 1 heterocycles. The first-order chi connectivity index (χ1) is 13.8. The minimum Gasteiger partial charge on any atom is -0.366 e. The summed E-state index contributed by atoms with van der Waals surface area (Å²) in [6.45, 7) is 1.22. The van der Waals surface area contributed by atoms with Crippen molar-refractivity contribution in [3.63, 3.8) is 0 Å². The van der Waals surface area contributed by atoms with Gasteiger partial charge in [-0.1, -0.05) is 19.1 Å². The Morgan fingerprint density at radius 3 is 2.28 bits per heavy atom. The molecule has 1 saturated heterocycles. The number of nitrogens with zero attached hydrogens (tertiary/aromatic N) is 1. The molecule has 0 unspecified atom stereocenters. The number of hydrogen-bond acceptors (Lipinski definition) is 4. The van der Waals surface area contributed by atoms with E-state index < -0.39 is 41.7 Å². The number of nitrogens with one attached hydrogen (secondary N) is 2. The molecule has 1 atom stereocenters. The number of carbonyl (C=O) groups excluding carboxylic acids is 4. The van der Waals surface area contributed by atoms with Crippen molar-refractivity contribution in [3.05, 3.63) is 65.5 Å². The molecule has 3 rings (SSSR count). The van der Waals surface area contributed by atoms with Crippen LogP contribution in [0.5, 0.6) is 0 Å². The summed E-state index contributed by atoms with van der Waals surface area (Å²) in [6.07, 6.45) is 0.232. The van der Waals surface area contributed by atoms with Gasteiger partial charge in [-0.15, -0.1) is 0 Å². The molecular formula is C20H19FN4O4. The van der Waals surface area contributed by atoms with Gasteiger partial charge in [0.05, 0.1) is 0 Å². The highest BCUT2D eigenvalue weighted by Crippen LogP contribution is 2.32. The Morgan fingerprint density at radius 1 is 1.10 bits per heavy atom. The van der Waals surface area contributed by atoms with Crippen molar-refractivity contribution in [2.75, 3.05) is 11.9 Å². The van der Waals surface area contributed by atoms with Crippen LogP contribution in [0.25, 0.3) is 0 Å². The van der Waals surface area contributed by atoms with Crippen LogP contribution in [0.4, 0.5) is 14.9 Å². The summed E-state index contributed by atoms with van der Waals surface area (Å²) in [5, 5.41) is 5.18. The third-order valence-corrected chi connectivity index (χ3v) is 4.80. The van der Waals surface area contributed by atoms with Crippen molar-refractivity contribution in [2.45, 2.75) is 18.9 Å². The van der Waals surface area contributed by atoms with Gasteiger partial charge in [-0.25, -0.2) is 9.18 Å². The normalized spacial score (nSPS) is 18.5. The molecule has 0 radical (unpaired) electrons. The molecule has 1 aliphatic heterocycles. The first kappa shape index (κ1) is 20.0. The lowest BCUT2D eigenvalue weighted by Crippen LogP contribution is -2.44. The Hall–Kier alpha value is -3.75. The predicted octanol–water partition coefficient (Wildman–Crippen LogP) is 1.72. The van der Waals surface area contributed by atoms with E-state index in [1.165, 1.54) is 48.5 Å². The zero-order valence-electron chi connectivity index (χ0n) is 15.6. The number of nitrogens with two attached hydrogens (primary N) is 1. The fourth-order valence-corrected chi connectivity index (χ4v) is 3.21. The molecule has 2 aromatic carbocycles. The average molecular weight is 398 g/mol. The van der Waals surface area contributed by atoms with Gasteiger partial charge < -0.3 is 16.4 Å². The zero-order chi connectivity index (χ0) is 21.2. The number of carbonyl (C=O) groups is 4. The van der Waals surface area contributed by atoms with E-state index in [1.807, 2.05) is 0 Å². The fraction of sp³-hybridized carbons (Fsp3) is 0.200. The number of rotatable bonds is 6. The largest absolute Gasteiger partial charge is 0.366 e. The van der Waals surface area contributed by atoms with Crippen molar-refractivity contribution in [1.29, 1.82) is 0 Å². The highest BCUT2D eigenvalue weighted by Gasteiger charge is 2.51. The van der Waals surface area contributed by atoms with E-state index in [9.17, 15) is 23.6 Å². The summed E-state index contributed by atoms with van der Waals surface area (Å²) in [5.41, 5.74) is 4.91. The molecule has 0 aromatic heterocycles. The van der Waals surface area contributed by atoms with E-state index in [0.717, 1.165) is 4.90 Å². The molecule has 2 aromatic rings. The summed E-state index contributed by atoms with van der Waals surface area (Å²) < 4.78 is 13.2. The third-order valence-electron chi connectivity index (χ3n) is 4.80. The van der Waals surface area contributed by atoms with Crippen LogP contribution in [-0.2, 0) is 15.1 Å². The quantitative estimate of drug-likeness (QED) is 0.642. The molecule has 150 valence electrons. The van der Waals surface area contributed by atoms with Gasteiger partial charge in [-0.2, -0.15) is 0 Å². The lowest BCUT2D eigenvalue weighted by Gasteiger charge is -2.25. The fourth-order valence-electron chi connectivity index (χ4n) is 3.21. The summed E-state index contributed by atoms with van der Waals surface area (Å²) in [6, 6.07) is 10.4. The summed E-state index contributed by atoms with van der Waals surface area (Å²) >= 11 is 0. The molecular weight excluding hydrogens is 379 g/mol. The lowest BCUT2D eigenvalue weighted by atomic mass is 9.87. The molecule has 5 amide bonds. The number of primary amides is 1. The van der Waals surface area contributed by atoms with Gasteiger partial charge in [0.25, 0.3) is 5.91 Å². The topological polar surface area (TPSA) is 122 Å². The van der Waals surface area contributed by atoms with Crippen LogP contribution in [0.1, 0.15) is 29.3 Å². The molecule has 0 spiro atoms. The van der Waals surface area contributed by atoms with Crippen LogP contribution < -0.4 is 16.4 Å². The van der Waals surface area contributed by atoms with Gasteiger partial charge in [0.2, 0.25) is 11.8 Å². The maximum Gasteiger partial charge on any atom is 0.325 e. The molecule has 0 aliphatic carbocycles. The molecule has 8 nitrogen and oxygen atoms in total. The number of halogens is 1. The number of hydrogen-bond donors (Lipinski definition) is 3. The van der Waals surface area contributed by atoms with Gasteiger partial charge in [0.1, 0.15) is 17.9 Å². The van der Waals surface area contributed by atoms with E-state index in [-0.39, 0.29) is 12.0 Å².